The van der Waals surface area contributed by atoms with Gasteiger partial charge in [0.25, 0.3) is 5.91 Å². The number of nitriles is 1. The maximum absolute atomic E-state index is 12.9. The molecule has 3 atom stereocenters. The third-order valence-corrected chi connectivity index (χ3v) is 9.33. The topological polar surface area (TPSA) is 107 Å². The molecule has 3 aromatic rings. The smallest absolute Gasteiger partial charge is 0.307 e. The zero-order valence-corrected chi connectivity index (χ0v) is 24.6. The molecule has 2 heterocycles. The number of thiazole rings is 1. The van der Waals surface area contributed by atoms with Gasteiger partial charge in [0, 0.05) is 42.7 Å². The van der Waals surface area contributed by atoms with Crippen molar-refractivity contribution in [3.05, 3.63) is 64.0 Å². The van der Waals surface area contributed by atoms with E-state index in [1.807, 2.05) is 51.1 Å². The second kappa shape index (κ2) is 12.3. The number of ether oxygens (including phenoxy) is 1. The number of nitrogens with zero attached hydrogens (tertiary/aromatic N) is 4. The standard InChI is InChI=1S/C32H36N4O4S/c1-4-35(13-5-12-33)30(37)22-7-10-25(21(3)15-22)18-40-28-11-6-20(2)14-26(28)27-19-41-32(34-27)36-16-23-8-9-24(17-36)29(23)31(38)39/h6-7,10-11,14-15,19,23-24,29H,4-5,8-9,13,16-18H2,1-3H3,(H,38,39)/t23-,24+,29?. The van der Waals surface area contributed by atoms with Crippen molar-refractivity contribution >= 4 is 28.3 Å². The van der Waals surface area contributed by atoms with Crippen molar-refractivity contribution in [3.63, 3.8) is 0 Å². The molecule has 1 unspecified atom stereocenters. The quantitative estimate of drug-likeness (QED) is 0.321. The molecule has 0 spiro atoms. The molecule has 1 amide bonds. The van der Waals surface area contributed by atoms with E-state index >= 15 is 0 Å². The van der Waals surface area contributed by atoms with Crippen molar-refractivity contribution in [1.29, 1.82) is 5.26 Å². The summed E-state index contributed by atoms with van der Waals surface area (Å²) < 4.78 is 6.33. The average Bonchev–Trinajstić information content (AvgIpc) is 3.56. The van der Waals surface area contributed by atoms with Gasteiger partial charge in [-0.25, -0.2) is 4.98 Å². The van der Waals surface area contributed by atoms with E-state index in [9.17, 15) is 14.7 Å². The molecule has 41 heavy (non-hydrogen) atoms. The fourth-order valence-corrected chi connectivity index (χ4v) is 7.05. The Hall–Kier alpha value is -3.90. The first kappa shape index (κ1) is 28.6. The Morgan fingerprint density at radius 3 is 2.59 bits per heavy atom. The Morgan fingerprint density at radius 1 is 1.17 bits per heavy atom. The first-order valence-corrected chi connectivity index (χ1v) is 15.1. The van der Waals surface area contributed by atoms with Crippen LogP contribution in [0.1, 0.15) is 53.2 Å². The van der Waals surface area contributed by atoms with Gasteiger partial charge in [0.05, 0.1) is 24.1 Å². The number of carbonyl (C=O) groups excluding carboxylic acids is 1. The fourth-order valence-electron chi connectivity index (χ4n) is 6.20. The number of rotatable bonds is 10. The summed E-state index contributed by atoms with van der Waals surface area (Å²) in [5.41, 5.74) is 5.46. The van der Waals surface area contributed by atoms with Crippen molar-refractivity contribution < 1.29 is 19.4 Å². The van der Waals surface area contributed by atoms with Crippen molar-refractivity contribution in [2.45, 2.75) is 46.6 Å². The van der Waals surface area contributed by atoms with Gasteiger partial charge in [-0.05, 0) is 80.8 Å². The number of aromatic nitrogens is 1. The van der Waals surface area contributed by atoms with Crippen molar-refractivity contribution in [2.24, 2.45) is 17.8 Å². The van der Waals surface area contributed by atoms with Crippen LogP contribution < -0.4 is 9.64 Å². The number of fused-ring (bicyclic) bond motifs is 2. The van der Waals surface area contributed by atoms with Crippen LogP contribution in [0.2, 0.25) is 0 Å². The predicted molar refractivity (Wildman–Crippen MR) is 159 cm³/mol. The number of hydrogen-bond acceptors (Lipinski definition) is 7. The van der Waals surface area contributed by atoms with Gasteiger partial charge < -0.3 is 19.6 Å². The van der Waals surface area contributed by atoms with Gasteiger partial charge in [-0.15, -0.1) is 11.3 Å². The molecule has 2 bridgehead atoms. The number of carboxylic acids is 1. The Balaban J connectivity index is 1.30. The van der Waals surface area contributed by atoms with Crippen LogP contribution in [-0.4, -0.2) is 53.0 Å². The molecular formula is C32H36N4O4S. The molecule has 1 saturated heterocycles. The Bertz CT molecular complexity index is 1460. The maximum atomic E-state index is 12.9. The molecule has 214 valence electrons. The first-order chi connectivity index (χ1) is 19.8. The lowest BCUT2D eigenvalue weighted by Crippen LogP contribution is -2.44. The van der Waals surface area contributed by atoms with E-state index in [-0.39, 0.29) is 23.7 Å². The lowest BCUT2D eigenvalue weighted by atomic mass is 9.85. The van der Waals surface area contributed by atoms with Crippen LogP contribution in [0.15, 0.2) is 41.8 Å². The summed E-state index contributed by atoms with van der Waals surface area (Å²) in [6, 6.07) is 13.8. The highest BCUT2D eigenvalue weighted by Crippen LogP contribution is 2.44. The minimum absolute atomic E-state index is 0.0707. The van der Waals surface area contributed by atoms with E-state index < -0.39 is 5.97 Å². The monoisotopic (exact) mass is 572 g/mol. The molecule has 5 rings (SSSR count). The third kappa shape index (κ3) is 6.08. The van der Waals surface area contributed by atoms with E-state index in [0.717, 1.165) is 64.8 Å². The number of aliphatic carboxylic acids is 1. The number of aryl methyl sites for hydroxylation is 2. The normalized spacial score (nSPS) is 19.6. The summed E-state index contributed by atoms with van der Waals surface area (Å²) in [7, 11) is 0. The van der Waals surface area contributed by atoms with Crippen LogP contribution in [0.25, 0.3) is 11.3 Å². The van der Waals surface area contributed by atoms with Gasteiger partial charge in [0.1, 0.15) is 12.4 Å². The average molecular weight is 573 g/mol. The Labute approximate surface area is 245 Å². The highest BCUT2D eigenvalue weighted by molar-refractivity contribution is 7.14. The number of amides is 1. The van der Waals surface area contributed by atoms with Crippen molar-refractivity contribution in [3.8, 4) is 23.1 Å². The minimum atomic E-state index is -0.659. The van der Waals surface area contributed by atoms with Crippen LogP contribution in [0, 0.1) is 42.9 Å². The molecule has 1 aromatic heterocycles. The highest BCUT2D eigenvalue weighted by atomic mass is 32.1. The second-order valence-corrected chi connectivity index (χ2v) is 11.9. The van der Waals surface area contributed by atoms with E-state index in [1.165, 1.54) is 0 Å². The number of carbonyl (C=O) groups is 2. The fraction of sp³-hybridized carbons (Fsp3) is 0.438. The van der Waals surface area contributed by atoms with Gasteiger partial charge in [0.2, 0.25) is 0 Å². The van der Waals surface area contributed by atoms with E-state index in [4.69, 9.17) is 15.0 Å². The molecule has 1 N–H and O–H groups in total. The molecular weight excluding hydrogens is 536 g/mol. The lowest BCUT2D eigenvalue weighted by Gasteiger charge is -2.35. The minimum Gasteiger partial charge on any atom is -0.488 e. The SMILES string of the molecule is CCN(CCC#N)C(=O)c1ccc(COc2ccc(C)cc2-c2csc(N3C[C@H]4CC[C@@H](C3)C4C(=O)O)n2)c(C)c1. The Kier molecular flexibility index (Phi) is 8.60. The van der Waals surface area contributed by atoms with Crippen LogP contribution in [0.5, 0.6) is 5.75 Å². The summed E-state index contributed by atoms with van der Waals surface area (Å²) in [6.07, 6.45) is 2.26. The summed E-state index contributed by atoms with van der Waals surface area (Å²) >= 11 is 1.60. The molecule has 2 aromatic carbocycles. The molecule has 2 fully saturated rings. The molecule has 2 aliphatic rings. The summed E-state index contributed by atoms with van der Waals surface area (Å²) in [5.74, 6) is 0.151. The lowest BCUT2D eigenvalue weighted by molar-refractivity contribution is -0.144. The molecule has 1 aliphatic heterocycles. The molecule has 8 nitrogen and oxygen atoms in total. The number of anilines is 1. The van der Waals surface area contributed by atoms with Gasteiger partial charge >= 0.3 is 5.97 Å². The predicted octanol–water partition coefficient (Wildman–Crippen LogP) is 5.93. The largest absolute Gasteiger partial charge is 0.488 e. The Morgan fingerprint density at radius 2 is 1.93 bits per heavy atom. The van der Waals surface area contributed by atoms with Crippen LogP contribution in [0.3, 0.4) is 0 Å². The molecule has 0 radical (unpaired) electrons. The second-order valence-electron chi connectivity index (χ2n) is 11.1. The molecule has 1 saturated carbocycles. The van der Waals surface area contributed by atoms with Crippen molar-refractivity contribution in [1.82, 2.24) is 9.88 Å². The number of benzene rings is 2. The van der Waals surface area contributed by atoms with Crippen LogP contribution in [0.4, 0.5) is 5.13 Å². The number of hydrogen-bond donors (Lipinski definition) is 1. The summed E-state index contributed by atoms with van der Waals surface area (Å²) in [5, 5.41) is 21.5. The molecule has 9 heteroatoms. The number of carboxylic acid groups (broad SMARTS) is 1. The zero-order chi connectivity index (χ0) is 29.1. The first-order valence-electron chi connectivity index (χ1n) is 14.2. The van der Waals surface area contributed by atoms with E-state index in [2.05, 4.69) is 22.4 Å². The van der Waals surface area contributed by atoms with Crippen molar-refractivity contribution in [2.75, 3.05) is 31.1 Å². The molecule has 1 aliphatic carbocycles. The van der Waals surface area contributed by atoms with E-state index in [0.29, 0.717) is 31.7 Å². The third-order valence-electron chi connectivity index (χ3n) is 8.43. The van der Waals surface area contributed by atoms with Crippen LogP contribution >= 0.6 is 11.3 Å². The summed E-state index contributed by atoms with van der Waals surface area (Å²) in [4.78, 5) is 33.6. The zero-order valence-electron chi connectivity index (χ0n) is 23.8. The van der Waals surface area contributed by atoms with Crippen LogP contribution in [-0.2, 0) is 11.4 Å². The van der Waals surface area contributed by atoms with Gasteiger partial charge in [0.15, 0.2) is 5.13 Å². The maximum Gasteiger partial charge on any atom is 0.307 e. The van der Waals surface area contributed by atoms with Gasteiger partial charge in [-0.3, -0.25) is 9.59 Å². The number of piperidine rings is 1. The summed E-state index contributed by atoms with van der Waals surface area (Å²) in [6.45, 7) is 8.75. The van der Waals surface area contributed by atoms with Gasteiger partial charge in [-0.1, -0.05) is 17.7 Å². The highest BCUT2D eigenvalue weighted by Gasteiger charge is 2.46. The van der Waals surface area contributed by atoms with E-state index in [1.54, 1.807) is 16.2 Å². The van der Waals surface area contributed by atoms with Gasteiger partial charge in [-0.2, -0.15) is 5.26 Å².